The summed E-state index contributed by atoms with van der Waals surface area (Å²) in [5, 5.41) is 0. The van der Waals surface area contributed by atoms with Gasteiger partial charge in [-0.2, -0.15) is 0 Å². The SMILES string of the molecule is C.C.C.CC.CC(=O)c1ccccc1.CC(C)=O.CC(C)=O. The number of carbonyl (C=O) groups excluding carboxylic acids is 3. The molecule has 0 saturated carbocycles. The predicted molar refractivity (Wildman–Crippen MR) is 101 cm³/mol. The summed E-state index contributed by atoms with van der Waals surface area (Å²) in [5.41, 5.74) is 0.775. The molecule has 0 aliphatic carbocycles. The lowest BCUT2D eigenvalue weighted by molar-refractivity contribution is -0.115. The Morgan fingerprint density at radius 2 is 0.864 bits per heavy atom. The van der Waals surface area contributed by atoms with E-state index in [2.05, 4.69) is 0 Å². The van der Waals surface area contributed by atoms with E-state index in [-0.39, 0.29) is 39.6 Å². The van der Waals surface area contributed by atoms with Gasteiger partial charge in [0.2, 0.25) is 0 Å². The average molecular weight is 315 g/mol. The average Bonchev–Trinajstić information content (AvgIpc) is 2.31. The summed E-state index contributed by atoms with van der Waals surface area (Å²) in [5.74, 6) is 0.454. The van der Waals surface area contributed by atoms with Crippen molar-refractivity contribution in [3.63, 3.8) is 0 Å². The topological polar surface area (TPSA) is 51.2 Å². The zero-order valence-electron chi connectivity index (χ0n) is 13.1. The van der Waals surface area contributed by atoms with Gasteiger partial charge in [-0.15, -0.1) is 0 Å². The molecule has 3 heteroatoms. The van der Waals surface area contributed by atoms with Gasteiger partial charge >= 0.3 is 0 Å². The zero-order chi connectivity index (χ0) is 15.8. The Bertz CT molecular complexity index is 334. The van der Waals surface area contributed by atoms with Gasteiger partial charge in [-0.05, 0) is 34.6 Å². The Morgan fingerprint density at radius 1 is 0.636 bits per heavy atom. The molecule has 0 aromatic heterocycles. The van der Waals surface area contributed by atoms with Crippen LogP contribution in [-0.4, -0.2) is 17.3 Å². The van der Waals surface area contributed by atoms with Crippen molar-refractivity contribution < 1.29 is 14.4 Å². The van der Waals surface area contributed by atoms with Crippen LogP contribution in [0, 0.1) is 0 Å². The first-order chi connectivity index (χ1) is 8.77. The van der Waals surface area contributed by atoms with Crippen LogP contribution in [0.1, 0.15) is 81.1 Å². The number of hydrogen-bond acceptors (Lipinski definition) is 3. The lowest BCUT2D eigenvalue weighted by Gasteiger charge is -1.89. The number of ketones is 3. The van der Waals surface area contributed by atoms with Crippen LogP contribution in [0.25, 0.3) is 0 Å². The molecule has 22 heavy (non-hydrogen) atoms. The van der Waals surface area contributed by atoms with Crippen molar-refractivity contribution in [2.45, 2.75) is 70.7 Å². The normalized spacial score (nSPS) is 6.32. The highest BCUT2D eigenvalue weighted by molar-refractivity contribution is 5.93. The Morgan fingerprint density at radius 3 is 1.00 bits per heavy atom. The Balaban J connectivity index is -0.0000000430. The molecule has 132 valence electrons. The van der Waals surface area contributed by atoms with Crippen LogP contribution < -0.4 is 0 Å². The van der Waals surface area contributed by atoms with Gasteiger partial charge in [-0.3, -0.25) is 4.79 Å². The maximum Gasteiger partial charge on any atom is 0.159 e. The van der Waals surface area contributed by atoms with Gasteiger partial charge < -0.3 is 9.59 Å². The smallest absolute Gasteiger partial charge is 0.159 e. The molecule has 0 fully saturated rings. The van der Waals surface area contributed by atoms with E-state index in [0.717, 1.165) is 5.56 Å². The second-order valence-electron chi connectivity index (χ2n) is 3.74. The van der Waals surface area contributed by atoms with Crippen molar-refractivity contribution in [1.82, 2.24) is 0 Å². The summed E-state index contributed by atoms with van der Waals surface area (Å²) in [6.45, 7) is 11.7. The van der Waals surface area contributed by atoms with Crippen molar-refractivity contribution in [1.29, 1.82) is 0 Å². The van der Waals surface area contributed by atoms with Crippen LogP contribution in [0.15, 0.2) is 30.3 Å². The van der Waals surface area contributed by atoms with Crippen molar-refractivity contribution in [3.05, 3.63) is 35.9 Å². The molecule has 0 aliphatic heterocycles. The molecule has 0 N–H and O–H groups in total. The van der Waals surface area contributed by atoms with Gasteiger partial charge in [-0.25, -0.2) is 0 Å². The van der Waals surface area contributed by atoms with Crippen LogP contribution in [0.5, 0.6) is 0 Å². The minimum Gasteiger partial charge on any atom is -0.300 e. The zero-order valence-corrected chi connectivity index (χ0v) is 13.1. The van der Waals surface area contributed by atoms with Gasteiger partial charge in [0.1, 0.15) is 11.6 Å². The molecule has 0 aliphatic rings. The lowest BCUT2D eigenvalue weighted by atomic mass is 10.2. The van der Waals surface area contributed by atoms with Gasteiger partial charge in [0, 0.05) is 5.56 Å². The Hall–Kier alpha value is -1.77. The third kappa shape index (κ3) is 51.7. The van der Waals surface area contributed by atoms with Crippen LogP contribution >= 0.6 is 0 Å². The monoisotopic (exact) mass is 314 g/mol. The van der Waals surface area contributed by atoms with Crippen LogP contribution in [0.4, 0.5) is 0 Å². The quantitative estimate of drug-likeness (QED) is 0.596. The second kappa shape index (κ2) is 27.6. The summed E-state index contributed by atoms with van der Waals surface area (Å²) in [7, 11) is 0. The molecule has 1 rings (SSSR count). The molecular formula is C19H38O3. The van der Waals surface area contributed by atoms with E-state index in [9.17, 15) is 14.4 Å². The number of hydrogen-bond donors (Lipinski definition) is 0. The fraction of sp³-hybridized carbons (Fsp3) is 0.526. The molecule has 0 spiro atoms. The van der Waals surface area contributed by atoms with E-state index in [1.54, 1.807) is 6.92 Å². The molecule has 0 atom stereocenters. The molecule has 0 saturated heterocycles. The summed E-state index contributed by atoms with van der Waals surface area (Å²) >= 11 is 0. The molecule has 0 unspecified atom stereocenters. The first-order valence-corrected chi connectivity index (χ1v) is 6.27. The van der Waals surface area contributed by atoms with Crippen LogP contribution in [0.2, 0.25) is 0 Å². The van der Waals surface area contributed by atoms with E-state index in [0.29, 0.717) is 0 Å². The maximum absolute atomic E-state index is 10.6. The number of Topliss-reactive ketones (excluding diaryl/α,β-unsaturated/α-hetero) is 3. The third-order valence-electron chi connectivity index (χ3n) is 1.18. The molecule has 0 bridgehead atoms. The minimum absolute atomic E-state index is 0. The van der Waals surface area contributed by atoms with Gasteiger partial charge in [-0.1, -0.05) is 66.5 Å². The van der Waals surface area contributed by atoms with Crippen LogP contribution in [0.3, 0.4) is 0 Å². The summed E-state index contributed by atoms with van der Waals surface area (Å²) in [6.07, 6.45) is 0. The first-order valence-electron chi connectivity index (χ1n) is 6.27. The lowest BCUT2D eigenvalue weighted by Crippen LogP contribution is -1.88. The largest absolute Gasteiger partial charge is 0.300 e. The highest BCUT2D eigenvalue weighted by Crippen LogP contribution is 1.97. The van der Waals surface area contributed by atoms with Crippen molar-refractivity contribution in [2.75, 3.05) is 0 Å². The Labute approximate surface area is 139 Å². The second-order valence-corrected chi connectivity index (χ2v) is 3.74. The van der Waals surface area contributed by atoms with E-state index < -0.39 is 0 Å². The van der Waals surface area contributed by atoms with E-state index in [1.165, 1.54) is 27.7 Å². The summed E-state index contributed by atoms with van der Waals surface area (Å²) in [6, 6.07) is 9.23. The highest BCUT2D eigenvalue weighted by Gasteiger charge is 1.92. The summed E-state index contributed by atoms with van der Waals surface area (Å²) < 4.78 is 0. The van der Waals surface area contributed by atoms with E-state index in [1.807, 2.05) is 44.2 Å². The van der Waals surface area contributed by atoms with Crippen molar-refractivity contribution in [3.8, 4) is 0 Å². The number of carbonyl (C=O) groups is 3. The first kappa shape index (κ1) is 36.9. The molecule has 0 heterocycles. The Kier molecular flexibility index (Phi) is 46.3. The van der Waals surface area contributed by atoms with Crippen molar-refractivity contribution in [2.24, 2.45) is 0 Å². The molecule has 0 radical (unpaired) electrons. The molecule has 1 aromatic carbocycles. The molecule has 0 amide bonds. The highest BCUT2D eigenvalue weighted by atomic mass is 16.1. The fourth-order valence-corrected chi connectivity index (χ4v) is 0.673. The van der Waals surface area contributed by atoms with Crippen molar-refractivity contribution >= 4 is 17.3 Å². The van der Waals surface area contributed by atoms with Gasteiger partial charge in [0.25, 0.3) is 0 Å². The number of benzene rings is 1. The fourth-order valence-electron chi connectivity index (χ4n) is 0.673. The van der Waals surface area contributed by atoms with Gasteiger partial charge in [0.05, 0.1) is 0 Å². The number of rotatable bonds is 1. The standard InChI is InChI=1S/C8H8O.2C3H6O.C2H6.3CH4/c1-7(9)8-5-3-2-4-6-8;2*1-3(2)4;1-2;;;/h2-6H,1H3;2*1-2H3;1-2H3;3*1H4. The third-order valence-corrected chi connectivity index (χ3v) is 1.18. The minimum atomic E-state index is 0. The van der Waals surface area contributed by atoms with E-state index >= 15 is 0 Å². The maximum atomic E-state index is 10.6. The molecular weight excluding hydrogens is 276 g/mol. The van der Waals surface area contributed by atoms with Crippen LogP contribution in [-0.2, 0) is 9.59 Å². The molecule has 3 nitrogen and oxygen atoms in total. The summed E-state index contributed by atoms with van der Waals surface area (Å²) in [4.78, 5) is 29.5. The predicted octanol–water partition coefficient (Wildman–Crippen LogP) is 6.01. The van der Waals surface area contributed by atoms with E-state index in [4.69, 9.17) is 0 Å². The molecule has 1 aromatic rings. The van der Waals surface area contributed by atoms with Gasteiger partial charge in [0.15, 0.2) is 5.78 Å².